The normalized spacial score (nSPS) is 15.6. The molecule has 0 aliphatic rings. The van der Waals surface area contributed by atoms with E-state index < -0.39 is 17.6 Å². The van der Waals surface area contributed by atoms with Crippen molar-refractivity contribution in [2.75, 3.05) is 13.2 Å². The van der Waals surface area contributed by atoms with Crippen LogP contribution in [0, 0.1) is 0 Å². The maximum absolute atomic E-state index is 12.4. The Morgan fingerprint density at radius 2 is 1.89 bits per heavy atom. The molecule has 108 valence electrons. The highest BCUT2D eigenvalue weighted by atomic mass is 19.4. The van der Waals surface area contributed by atoms with Crippen molar-refractivity contribution in [3.05, 3.63) is 0 Å². The number of hydrogen-bond donors (Lipinski definition) is 2. The van der Waals surface area contributed by atoms with Crippen molar-refractivity contribution in [1.29, 1.82) is 0 Å². The molecule has 0 spiro atoms. The van der Waals surface area contributed by atoms with E-state index in [0.717, 1.165) is 0 Å². The summed E-state index contributed by atoms with van der Waals surface area (Å²) in [5.41, 5.74) is 2.11. The van der Waals surface area contributed by atoms with Crippen molar-refractivity contribution in [3.63, 3.8) is 0 Å². The molecule has 0 aliphatic carbocycles. The van der Waals surface area contributed by atoms with Crippen LogP contribution < -0.4 is 11.1 Å². The molecule has 0 rings (SSSR count). The van der Waals surface area contributed by atoms with E-state index in [1.54, 1.807) is 0 Å². The molecule has 0 aliphatic heterocycles. The van der Waals surface area contributed by atoms with E-state index in [0.29, 0.717) is 26.4 Å². The second-order valence-corrected chi connectivity index (χ2v) is 4.58. The SMILES string of the molecule is CC(C)OCCCCNC(=O)C(C)(N)C(F)(F)F. The number of alkyl halides is 3. The van der Waals surface area contributed by atoms with Gasteiger partial charge in [0.05, 0.1) is 6.10 Å². The van der Waals surface area contributed by atoms with Gasteiger partial charge in [-0.05, 0) is 33.6 Å². The van der Waals surface area contributed by atoms with E-state index in [2.05, 4.69) is 5.32 Å². The lowest BCUT2D eigenvalue weighted by atomic mass is 10.0. The van der Waals surface area contributed by atoms with E-state index in [1.165, 1.54) is 0 Å². The zero-order valence-corrected chi connectivity index (χ0v) is 10.9. The highest BCUT2D eigenvalue weighted by Crippen LogP contribution is 2.27. The Hall–Kier alpha value is -0.820. The van der Waals surface area contributed by atoms with Gasteiger partial charge < -0.3 is 15.8 Å². The third-order valence-electron chi connectivity index (χ3n) is 2.37. The Kier molecular flexibility index (Phi) is 6.62. The molecule has 1 unspecified atom stereocenters. The summed E-state index contributed by atoms with van der Waals surface area (Å²) in [6, 6.07) is 0. The van der Waals surface area contributed by atoms with Gasteiger partial charge in [0, 0.05) is 13.2 Å². The first kappa shape index (κ1) is 17.2. The number of nitrogens with one attached hydrogen (secondary N) is 1. The molecule has 0 radical (unpaired) electrons. The van der Waals surface area contributed by atoms with Crippen molar-refractivity contribution in [2.24, 2.45) is 5.73 Å². The van der Waals surface area contributed by atoms with Crippen LogP contribution in [0.4, 0.5) is 13.2 Å². The molecule has 3 N–H and O–H groups in total. The molecule has 1 atom stereocenters. The minimum absolute atomic E-state index is 0.122. The van der Waals surface area contributed by atoms with Gasteiger partial charge in [0.25, 0.3) is 0 Å². The molecule has 0 fully saturated rings. The van der Waals surface area contributed by atoms with Crippen molar-refractivity contribution in [2.45, 2.75) is 51.4 Å². The monoisotopic (exact) mass is 270 g/mol. The Labute approximate surface area is 105 Å². The zero-order chi connectivity index (χ0) is 14.4. The van der Waals surface area contributed by atoms with Crippen LogP contribution in [0.2, 0.25) is 0 Å². The molecule has 18 heavy (non-hydrogen) atoms. The fourth-order valence-corrected chi connectivity index (χ4v) is 1.06. The third kappa shape index (κ3) is 5.68. The van der Waals surface area contributed by atoms with Gasteiger partial charge in [-0.1, -0.05) is 0 Å². The number of halogens is 3. The predicted molar refractivity (Wildman–Crippen MR) is 62.0 cm³/mol. The van der Waals surface area contributed by atoms with Gasteiger partial charge in [-0.2, -0.15) is 13.2 Å². The third-order valence-corrected chi connectivity index (χ3v) is 2.37. The number of ether oxygens (including phenoxy) is 1. The van der Waals surface area contributed by atoms with Crippen molar-refractivity contribution in [3.8, 4) is 0 Å². The number of hydrogen-bond acceptors (Lipinski definition) is 3. The average Bonchev–Trinajstić information content (AvgIpc) is 2.20. The molecule has 1 amide bonds. The summed E-state index contributed by atoms with van der Waals surface area (Å²) in [6.45, 7) is 5.12. The smallest absolute Gasteiger partial charge is 0.379 e. The molecule has 0 saturated carbocycles. The van der Waals surface area contributed by atoms with Gasteiger partial charge in [-0.3, -0.25) is 4.79 Å². The second kappa shape index (κ2) is 6.94. The quantitative estimate of drug-likeness (QED) is 0.690. The Bertz CT molecular complexity index is 266. The summed E-state index contributed by atoms with van der Waals surface area (Å²) in [6.07, 6.45) is -3.41. The van der Waals surface area contributed by atoms with Crippen LogP contribution in [0.25, 0.3) is 0 Å². The highest BCUT2D eigenvalue weighted by Gasteiger charge is 2.53. The van der Waals surface area contributed by atoms with E-state index in [4.69, 9.17) is 10.5 Å². The minimum Gasteiger partial charge on any atom is -0.379 e. The second-order valence-electron chi connectivity index (χ2n) is 4.58. The van der Waals surface area contributed by atoms with Gasteiger partial charge in [-0.25, -0.2) is 0 Å². The van der Waals surface area contributed by atoms with Gasteiger partial charge in [0.15, 0.2) is 5.54 Å². The lowest BCUT2D eigenvalue weighted by Crippen LogP contribution is -2.61. The predicted octanol–water partition coefficient (Wildman–Crippen LogP) is 1.59. The summed E-state index contributed by atoms with van der Waals surface area (Å²) in [5, 5.41) is 2.18. The lowest BCUT2D eigenvalue weighted by molar-refractivity contribution is -0.187. The van der Waals surface area contributed by atoms with E-state index in [1.807, 2.05) is 13.8 Å². The molecule has 0 aromatic carbocycles. The molecular formula is C11H21F3N2O2. The summed E-state index contributed by atoms with van der Waals surface area (Å²) >= 11 is 0. The number of rotatable bonds is 7. The number of carbonyl (C=O) groups is 1. The fraction of sp³-hybridized carbons (Fsp3) is 0.909. The molecule has 0 bridgehead atoms. The van der Waals surface area contributed by atoms with Crippen molar-refractivity contribution < 1.29 is 22.7 Å². The van der Waals surface area contributed by atoms with Crippen LogP contribution in [0.15, 0.2) is 0 Å². The van der Waals surface area contributed by atoms with Gasteiger partial charge in [-0.15, -0.1) is 0 Å². The molecule has 4 nitrogen and oxygen atoms in total. The molecule has 0 aromatic rings. The molecule has 0 saturated heterocycles. The largest absolute Gasteiger partial charge is 0.415 e. The Morgan fingerprint density at radius 1 is 1.33 bits per heavy atom. The zero-order valence-electron chi connectivity index (χ0n) is 10.9. The van der Waals surface area contributed by atoms with Crippen molar-refractivity contribution in [1.82, 2.24) is 5.32 Å². The van der Waals surface area contributed by atoms with Crippen LogP contribution in [-0.4, -0.2) is 36.9 Å². The number of nitrogens with two attached hydrogens (primary N) is 1. The average molecular weight is 270 g/mol. The number of carbonyl (C=O) groups excluding carboxylic acids is 1. The summed E-state index contributed by atoms with van der Waals surface area (Å²) in [7, 11) is 0. The topological polar surface area (TPSA) is 64.3 Å². The number of amides is 1. The first-order chi connectivity index (χ1) is 8.09. The van der Waals surface area contributed by atoms with Crippen LogP contribution in [0.3, 0.4) is 0 Å². The van der Waals surface area contributed by atoms with Gasteiger partial charge in [0.1, 0.15) is 0 Å². The Morgan fingerprint density at radius 3 is 2.33 bits per heavy atom. The molecule has 0 heterocycles. The molecule has 7 heteroatoms. The van der Waals surface area contributed by atoms with E-state index in [-0.39, 0.29) is 12.6 Å². The summed E-state index contributed by atoms with van der Waals surface area (Å²) < 4.78 is 42.4. The first-order valence-electron chi connectivity index (χ1n) is 5.84. The summed E-state index contributed by atoms with van der Waals surface area (Å²) in [4.78, 5) is 11.3. The molecule has 0 aromatic heterocycles. The molecular weight excluding hydrogens is 249 g/mol. The van der Waals surface area contributed by atoms with Gasteiger partial charge >= 0.3 is 6.18 Å². The van der Waals surface area contributed by atoms with Crippen LogP contribution >= 0.6 is 0 Å². The minimum atomic E-state index is -4.75. The Balaban J connectivity index is 3.85. The van der Waals surface area contributed by atoms with Crippen LogP contribution in [-0.2, 0) is 9.53 Å². The number of unbranched alkanes of at least 4 members (excludes halogenated alkanes) is 1. The van der Waals surface area contributed by atoms with Crippen molar-refractivity contribution >= 4 is 5.91 Å². The van der Waals surface area contributed by atoms with E-state index >= 15 is 0 Å². The lowest BCUT2D eigenvalue weighted by Gasteiger charge is -2.26. The maximum atomic E-state index is 12.4. The van der Waals surface area contributed by atoms with E-state index in [9.17, 15) is 18.0 Å². The van der Waals surface area contributed by atoms with Gasteiger partial charge in [0.2, 0.25) is 5.91 Å². The maximum Gasteiger partial charge on any atom is 0.415 e. The standard InChI is InChI=1S/C11H21F3N2O2/c1-8(2)18-7-5-4-6-16-9(17)10(3,15)11(12,13)14/h8H,4-7,15H2,1-3H3,(H,16,17). The highest BCUT2D eigenvalue weighted by molar-refractivity contribution is 5.86. The fourth-order valence-electron chi connectivity index (χ4n) is 1.06. The summed E-state index contributed by atoms with van der Waals surface area (Å²) in [5.74, 6) is -1.21. The first-order valence-corrected chi connectivity index (χ1v) is 5.84. The van der Waals surface area contributed by atoms with Crippen LogP contribution in [0.1, 0.15) is 33.6 Å². The van der Waals surface area contributed by atoms with Crippen LogP contribution in [0.5, 0.6) is 0 Å².